The fraction of sp³-hybridized carbons (Fsp3) is 0.462. The predicted molar refractivity (Wildman–Crippen MR) is 67.1 cm³/mol. The molecule has 0 saturated carbocycles. The molecular formula is C13H16N4O. The van der Waals surface area contributed by atoms with Crippen molar-refractivity contribution < 1.29 is 4.52 Å². The maximum atomic E-state index is 5.33. The zero-order valence-electron chi connectivity index (χ0n) is 10.4. The third-order valence-electron chi connectivity index (χ3n) is 3.32. The van der Waals surface area contributed by atoms with E-state index in [9.17, 15) is 0 Å². The molecule has 1 N–H and O–H groups in total. The number of aryl methyl sites for hydroxylation is 1. The van der Waals surface area contributed by atoms with Gasteiger partial charge in [0.25, 0.3) is 5.89 Å². The second-order valence-corrected chi connectivity index (χ2v) is 4.67. The lowest BCUT2D eigenvalue weighted by Crippen LogP contribution is -2.28. The highest BCUT2D eigenvalue weighted by Gasteiger charge is 2.21. The molecule has 0 bridgehead atoms. The fourth-order valence-electron chi connectivity index (χ4n) is 2.28. The topological polar surface area (TPSA) is 63.8 Å². The van der Waals surface area contributed by atoms with Crippen molar-refractivity contribution in [3.05, 3.63) is 29.7 Å². The van der Waals surface area contributed by atoms with Crippen LogP contribution in [0.1, 0.15) is 30.1 Å². The van der Waals surface area contributed by atoms with Gasteiger partial charge in [0, 0.05) is 18.7 Å². The molecule has 1 atom stereocenters. The van der Waals surface area contributed by atoms with Crippen LogP contribution in [0, 0.1) is 6.92 Å². The van der Waals surface area contributed by atoms with Gasteiger partial charge < -0.3 is 9.84 Å². The predicted octanol–water partition coefficient (Wildman–Crippen LogP) is 1.91. The van der Waals surface area contributed by atoms with Gasteiger partial charge in [-0.15, -0.1) is 0 Å². The van der Waals surface area contributed by atoms with Crippen LogP contribution in [0.4, 0.5) is 0 Å². The first-order valence-corrected chi connectivity index (χ1v) is 6.31. The van der Waals surface area contributed by atoms with Crippen LogP contribution in [0.3, 0.4) is 0 Å². The summed E-state index contributed by atoms with van der Waals surface area (Å²) in [4.78, 5) is 8.78. The number of rotatable bonds is 2. The number of piperidine rings is 1. The van der Waals surface area contributed by atoms with Crippen molar-refractivity contribution in [1.29, 1.82) is 0 Å². The summed E-state index contributed by atoms with van der Waals surface area (Å²) in [5.74, 6) is 1.68. The molecule has 1 fully saturated rings. The van der Waals surface area contributed by atoms with E-state index >= 15 is 0 Å². The molecule has 2 aromatic heterocycles. The van der Waals surface area contributed by atoms with E-state index < -0.39 is 0 Å². The zero-order valence-corrected chi connectivity index (χ0v) is 10.4. The summed E-state index contributed by atoms with van der Waals surface area (Å²) >= 11 is 0. The van der Waals surface area contributed by atoms with E-state index in [1.807, 2.05) is 19.1 Å². The zero-order chi connectivity index (χ0) is 12.4. The summed E-state index contributed by atoms with van der Waals surface area (Å²) in [5, 5.41) is 7.45. The monoisotopic (exact) mass is 244 g/mol. The van der Waals surface area contributed by atoms with E-state index in [0.29, 0.717) is 11.8 Å². The summed E-state index contributed by atoms with van der Waals surface area (Å²) in [6.45, 7) is 4.01. The van der Waals surface area contributed by atoms with Crippen molar-refractivity contribution in [1.82, 2.24) is 20.4 Å². The average molecular weight is 244 g/mol. The Morgan fingerprint density at radius 2 is 2.39 bits per heavy atom. The largest absolute Gasteiger partial charge is 0.332 e. The molecule has 1 saturated heterocycles. The normalized spacial score (nSPS) is 19.9. The van der Waals surface area contributed by atoms with Crippen LogP contribution < -0.4 is 5.32 Å². The second-order valence-electron chi connectivity index (χ2n) is 4.67. The number of hydrogen-bond donors (Lipinski definition) is 1. The van der Waals surface area contributed by atoms with E-state index in [2.05, 4.69) is 20.4 Å². The van der Waals surface area contributed by atoms with Gasteiger partial charge in [-0.2, -0.15) is 4.98 Å². The molecule has 2 aromatic rings. The Kier molecular flexibility index (Phi) is 3.06. The van der Waals surface area contributed by atoms with Crippen LogP contribution >= 0.6 is 0 Å². The highest BCUT2D eigenvalue weighted by molar-refractivity contribution is 5.51. The Hall–Kier alpha value is -1.75. The van der Waals surface area contributed by atoms with Crippen LogP contribution in [0.15, 0.2) is 22.9 Å². The molecular weight excluding hydrogens is 228 g/mol. The van der Waals surface area contributed by atoms with Crippen LogP contribution in [-0.4, -0.2) is 28.2 Å². The van der Waals surface area contributed by atoms with Crippen molar-refractivity contribution in [2.75, 3.05) is 13.1 Å². The smallest absolute Gasteiger partial charge is 0.276 e. The molecule has 3 heterocycles. The lowest BCUT2D eigenvalue weighted by atomic mass is 9.99. The third kappa shape index (κ3) is 2.13. The summed E-state index contributed by atoms with van der Waals surface area (Å²) < 4.78 is 5.33. The molecule has 5 nitrogen and oxygen atoms in total. The first-order valence-electron chi connectivity index (χ1n) is 6.31. The van der Waals surface area contributed by atoms with E-state index in [-0.39, 0.29) is 0 Å². The van der Waals surface area contributed by atoms with Crippen LogP contribution in [0.25, 0.3) is 11.6 Å². The number of hydrogen-bond acceptors (Lipinski definition) is 5. The van der Waals surface area contributed by atoms with E-state index in [1.165, 1.54) is 0 Å². The molecule has 94 valence electrons. The lowest BCUT2D eigenvalue weighted by Gasteiger charge is -2.19. The molecule has 0 amide bonds. The fourth-order valence-corrected chi connectivity index (χ4v) is 2.28. The standard InChI is InChI=1S/C13H16N4O/c1-9-4-2-7-15-11(9)13-16-12(17-18-13)10-5-3-6-14-8-10/h2,4,7,10,14H,3,5-6,8H2,1H3. The molecule has 0 radical (unpaired) electrons. The van der Waals surface area contributed by atoms with E-state index in [4.69, 9.17) is 4.52 Å². The van der Waals surface area contributed by atoms with Gasteiger partial charge in [0.15, 0.2) is 5.82 Å². The summed E-state index contributed by atoms with van der Waals surface area (Å²) in [6.07, 6.45) is 4.03. The Bertz CT molecular complexity index is 531. The van der Waals surface area contributed by atoms with Gasteiger partial charge in [0.05, 0.1) is 0 Å². The number of nitrogens with zero attached hydrogens (tertiary/aromatic N) is 3. The molecule has 1 unspecified atom stereocenters. The van der Waals surface area contributed by atoms with Gasteiger partial charge in [0.1, 0.15) is 5.69 Å². The minimum atomic E-state index is 0.361. The van der Waals surface area contributed by atoms with Gasteiger partial charge in [0.2, 0.25) is 0 Å². The molecule has 1 aliphatic heterocycles. The van der Waals surface area contributed by atoms with Crippen molar-refractivity contribution in [3.63, 3.8) is 0 Å². The van der Waals surface area contributed by atoms with Gasteiger partial charge in [-0.05, 0) is 37.9 Å². The second kappa shape index (κ2) is 4.86. The Balaban J connectivity index is 1.87. The first kappa shape index (κ1) is 11.3. The summed E-state index contributed by atoms with van der Waals surface area (Å²) in [6, 6.07) is 3.90. The van der Waals surface area contributed by atoms with Crippen LogP contribution in [-0.2, 0) is 0 Å². The van der Waals surface area contributed by atoms with Crippen LogP contribution in [0.5, 0.6) is 0 Å². The SMILES string of the molecule is Cc1cccnc1-c1nc(C2CCCNC2)no1. The molecule has 18 heavy (non-hydrogen) atoms. The van der Waals surface area contributed by atoms with Crippen molar-refractivity contribution in [2.45, 2.75) is 25.7 Å². The number of pyridine rings is 1. The average Bonchev–Trinajstić information content (AvgIpc) is 2.90. The molecule has 0 aromatic carbocycles. The van der Waals surface area contributed by atoms with Crippen molar-refractivity contribution >= 4 is 0 Å². The molecule has 1 aliphatic rings. The van der Waals surface area contributed by atoms with Gasteiger partial charge in [-0.25, -0.2) is 0 Å². The van der Waals surface area contributed by atoms with E-state index in [0.717, 1.165) is 43.0 Å². The summed E-state index contributed by atoms with van der Waals surface area (Å²) in [7, 11) is 0. The highest BCUT2D eigenvalue weighted by atomic mass is 16.5. The van der Waals surface area contributed by atoms with Gasteiger partial charge in [-0.3, -0.25) is 4.98 Å². The van der Waals surface area contributed by atoms with E-state index in [1.54, 1.807) is 6.20 Å². The highest BCUT2D eigenvalue weighted by Crippen LogP contribution is 2.24. The van der Waals surface area contributed by atoms with Crippen LogP contribution in [0.2, 0.25) is 0 Å². The minimum Gasteiger partial charge on any atom is -0.332 e. The maximum Gasteiger partial charge on any atom is 0.276 e. The quantitative estimate of drug-likeness (QED) is 0.874. The lowest BCUT2D eigenvalue weighted by molar-refractivity contribution is 0.392. The minimum absolute atomic E-state index is 0.361. The molecule has 5 heteroatoms. The van der Waals surface area contributed by atoms with Crippen molar-refractivity contribution in [2.24, 2.45) is 0 Å². The van der Waals surface area contributed by atoms with Gasteiger partial charge in [-0.1, -0.05) is 11.2 Å². The first-order chi connectivity index (χ1) is 8.84. The number of nitrogens with one attached hydrogen (secondary N) is 1. The molecule has 3 rings (SSSR count). The molecule has 0 aliphatic carbocycles. The Morgan fingerprint density at radius 1 is 1.44 bits per heavy atom. The Labute approximate surface area is 106 Å². The summed E-state index contributed by atoms with van der Waals surface area (Å²) in [5.41, 5.74) is 1.83. The third-order valence-corrected chi connectivity index (χ3v) is 3.32. The Morgan fingerprint density at radius 3 is 3.17 bits per heavy atom. The van der Waals surface area contributed by atoms with Gasteiger partial charge >= 0.3 is 0 Å². The number of aromatic nitrogens is 3. The maximum absolute atomic E-state index is 5.33. The van der Waals surface area contributed by atoms with Crippen molar-refractivity contribution in [3.8, 4) is 11.6 Å². The molecule has 0 spiro atoms.